The second-order valence-corrected chi connectivity index (χ2v) is 9.94. The summed E-state index contributed by atoms with van der Waals surface area (Å²) >= 11 is 0. The molecule has 0 N–H and O–H groups in total. The van der Waals surface area contributed by atoms with Gasteiger partial charge < -0.3 is 4.90 Å². The molecule has 0 aliphatic carbocycles. The van der Waals surface area contributed by atoms with Crippen LogP contribution < -0.4 is 0 Å². The van der Waals surface area contributed by atoms with E-state index in [0.717, 1.165) is 25.8 Å². The fourth-order valence-corrected chi connectivity index (χ4v) is 4.65. The third kappa shape index (κ3) is 20.0. The van der Waals surface area contributed by atoms with Crippen molar-refractivity contribution >= 4 is 5.97 Å². The fraction of sp³-hybridized carbons (Fsp3) is 0.964. The van der Waals surface area contributed by atoms with Gasteiger partial charge in [0.25, 0.3) is 0 Å². The van der Waals surface area contributed by atoms with Crippen molar-refractivity contribution in [3.8, 4) is 0 Å². The topological polar surface area (TPSA) is 38.8 Å². The molecule has 190 valence electrons. The average Bonchev–Trinajstić information content (AvgIpc) is 2.82. The zero-order valence-corrected chi connectivity index (χ0v) is 21.6. The predicted molar refractivity (Wildman–Crippen MR) is 136 cm³/mol. The minimum Gasteiger partial charge on any atom is -0.303 e. The van der Waals surface area contributed by atoms with Crippen molar-refractivity contribution in [3.05, 3.63) is 0 Å². The smallest absolute Gasteiger partial charge is 0.303 e. The van der Waals surface area contributed by atoms with E-state index in [-0.39, 0.29) is 5.97 Å². The summed E-state index contributed by atoms with van der Waals surface area (Å²) in [6.45, 7) is 6.40. The molecule has 0 aromatic heterocycles. The lowest BCUT2D eigenvalue weighted by Gasteiger charge is -2.26. The first-order valence-corrected chi connectivity index (χ1v) is 14.4. The summed E-state index contributed by atoms with van der Waals surface area (Å²) in [7, 11) is 0. The SMILES string of the molecule is CCCCCCCCCCCCCCCCCCOOC(=O)CCCCN1CCCCC1. The molecule has 0 bridgehead atoms. The molecule has 0 atom stereocenters. The third-order valence-electron chi connectivity index (χ3n) is 6.79. The van der Waals surface area contributed by atoms with E-state index >= 15 is 0 Å². The number of rotatable bonds is 23. The van der Waals surface area contributed by atoms with Gasteiger partial charge in [0.1, 0.15) is 0 Å². The summed E-state index contributed by atoms with van der Waals surface area (Å²) in [5.74, 6) is -0.208. The number of nitrogens with zero attached hydrogens (tertiary/aromatic N) is 1. The first-order valence-electron chi connectivity index (χ1n) is 14.4. The van der Waals surface area contributed by atoms with Gasteiger partial charge in [-0.15, -0.1) is 0 Å². The first-order chi connectivity index (χ1) is 15.8. The summed E-state index contributed by atoms with van der Waals surface area (Å²) in [4.78, 5) is 24.2. The average molecular weight is 454 g/mol. The number of likely N-dealkylation sites (tertiary alicyclic amines) is 1. The molecule has 0 spiro atoms. The summed E-state index contributed by atoms with van der Waals surface area (Å²) in [6, 6.07) is 0. The molecule has 1 rings (SSSR count). The number of hydrogen-bond donors (Lipinski definition) is 0. The van der Waals surface area contributed by atoms with E-state index in [1.807, 2.05) is 0 Å². The Balaban J connectivity index is 1.69. The molecule has 1 aliphatic heterocycles. The number of carbonyl (C=O) groups excluding carboxylic acids is 1. The Morgan fingerprint density at radius 1 is 0.625 bits per heavy atom. The van der Waals surface area contributed by atoms with Gasteiger partial charge in [0.15, 0.2) is 0 Å². The van der Waals surface area contributed by atoms with Gasteiger partial charge in [0.05, 0.1) is 6.61 Å². The highest BCUT2D eigenvalue weighted by molar-refractivity contribution is 5.68. The highest BCUT2D eigenvalue weighted by Gasteiger charge is 2.10. The maximum atomic E-state index is 11.7. The van der Waals surface area contributed by atoms with Gasteiger partial charge in [0.2, 0.25) is 0 Å². The van der Waals surface area contributed by atoms with Crippen LogP contribution >= 0.6 is 0 Å². The van der Waals surface area contributed by atoms with Crippen LogP contribution in [0.15, 0.2) is 0 Å². The number of carbonyl (C=O) groups is 1. The maximum Gasteiger partial charge on any atom is 0.342 e. The molecule has 4 heteroatoms. The molecule has 1 aliphatic rings. The lowest BCUT2D eigenvalue weighted by atomic mass is 10.0. The van der Waals surface area contributed by atoms with Gasteiger partial charge >= 0.3 is 5.97 Å². The Bertz CT molecular complexity index is 396. The van der Waals surface area contributed by atoms with Crippen molar-refractivity contribution in [2.75, 3.05) is 26.2 Å². The normalized spacial score (nSPS) is 14.7. The molecule has 0 saturated carbocycles. The van der Waals surface area contributed by atoms with Gasteiger partial charge in [-0.1, -0.05) is 110 Å². The molecule has 1 saturated heterocycles. The zero-order valence-electron chi connectivity index (χ0n) is 21.6. The standard InChI is InChI=1S/C28H55NO3/c1-2-3-4-5-6-7-8-9-10-11-12-13-14-15-16-22-27-31-32-28(30)23-18-21-26-29-24-19-17-20-25-29/h2-27H2,1H3. The number of hydrogen-bond acceptors (Lipinski definition) is 4. The molecule has 1 heterocycles. The molecule has 0 unspecified atom stereocenters. The van der Waals surface area contributed by atoms with Crippen LogP contribution in [0.2, 0.25) is 0 Å². The molecule has 0 amide bonds. The van der Waals surface area contributed by atoms with Gasteiger partial charge in [-0.25, -0.2) is 4.79 Å². The first kappa shape index (κ1) is 29.4. The van der Waals surface area contributed by atoms with Crippen LogP contribution in [-0.2, 0) is 14.6 Å². The quantitative estimate of drug-likeness (QED) is 0.0884. The van der Waals surface area contributed by atoms with Crippen molar-refractivity contribution in [1.82, 2.24) is 4.90 Å². The van der Waals surface area contributed by atoms with Crippen molar-refractivity contribution in [3.63, 3.8) is 0 Å². The predicted octanol–water partition coefficient (Wildman–Crippen LogP) is 8.38. The monoisotopic (exact) mass is 453 g/mol. The molecule has 1 fully saturated rings. The van der Waals surface area contributed by atoms with E-state index in [0.29, 0.717) is 13.0 Å². The minimum atomic E-state index is -0.208. The van der Waals surface area contributed by atoms with E-state index in [1.54, 1.807) is 0 Å². The van der Waals surface area contributed by atoms with E-state index < -0.39 is 0 Å². The lowest BCUT2D eigenvalue weighted by molar-refractivity contribution is -0.272. The minimum absolute atomic E-state index is 0.208. The zero-order chi connectivity index (χ0) is 23.0. The Morgan fingerprint density at radius 2 is 1.12 bits per heavy atom. The molecular weight excluding hydrogens is 398 g/mol. The van der Waals surface area contributed by atoms with E-state index in [4.69, 9.17) is 9.78 Å². The number of piperidine rings is 1. The van der Waals surface area contributed by atoms with Crippen LogP contribution in [0.5, 0.6) is 0 Å². The van der Waals surface area contributed by atoms with Crippen molar-refractivity contribution in [1.29, 1.82) is 0 Å². The Kier molecular flexibility index (Phi) is 21.6. The second kappa shape index (κ2) is 23.5. The van der Waals surface area contributed by atoms with Gasteiger partial charge in [-0.3, -0.25) is 4.89 Å². The second-order valence-electron chi connectivity index (χ2n) is 9.94. The van der Waals surface area contributed by atoms with Crippen molar-refractivity contribution in [2.24, 2.45) is 0 Å². The lowest BCUT2D eigenvalue weighted by Crippen LogP contribution is -2.30. The van der Waals surface area contributed by atoms with E-state index in [1.165, 1.54) is 129 Å². The molecule has 0 aromatic carbocycles. The Labute approximate surface area is 200 Å². The summed E-state index contributed by atoms with van der Waals surface area (Å²) < 4.78 is 0. The van der Waals surface area contributed by atoms with E-state index in [2.05, 4.69) is 11.8 Å². The maximum absolute atomic E-state index is 11.7. The van der Waals surface area contributed by atoms with E-state index in [9.17, 15) is 4.79 Å². The molecular formula is C28H55NO3. The largest absolute Gasteiger partial charge is 0.342 e. The molecule has 0 aromatic rings. The van der Waals surface area contributed by atoms with Crippen LogP contribution in [0.25, 0.3) is 0 Å². The fourth-order valence-electron chi connectivity index (χ4n) is 4.65. The van der Waals surface area contributed by atoms with Gasteiger partial charge in [0, 0.05) is 6.42 Å². The summed E-state index contributed by atoms with van der Waals surface area (Å²) in [5, 5.41) is 0. The van der Waals surface area contributed by atoms with Crippen LogP contribution in [0, 0.1) is 0 Å². The molecule has 0 radical (unpaired) electrons. The Morgan fingerprint density at radius 3 is 1.66 bits per heavy atom. The van der Waals surface area contributed by atoms with Gasteiger partial charge in [-0.05, 0) is 51.7 Å². The molecule has 4 nitrogen and oxygen atoms in total. The highest BCUT2D eigenvalue weighted by Crippen LogP contribution is 2.14. The van der Waals surface area contributed by atoms with Gasteiger partial charge in [-0.2, -0.15) is 4.89 Å². The van der Waals surface area contributed by atoms with Crippen LogP contribution in [-0.4, -0.2) is 37.1 Å². The highest BCUT2D eigenvalue weighted by atomic mass is 17.2. The van der Waals surface area contributed by atoms with Crippen molar-refractivity contribution in [2.45, 2.75) is 148 Å². The van der Waals surface area contributed by atoms with Crippen molar-refractivity contribution < 1.29 is 14.6 Å². The third-order valence-corrected chi connectivity index (χ3v) is 6.79. The van der Waals surface area contributed by atoms with Crippen LogP contribution in [0.3, 0.4) is 0 Å². The number of unbranched alkanes of at least 4 members (excludes halogenated alkanes) is 16. The summed E-state index contributed by atoms with van der Waals surface area (Å²) in [5.41, 5.74) is 0. The van der Waals surface area contributed by atoms with Crippen LogP contribution in [0.1, 0.15) is 148 Å². The summed E-state index contributed by atoms with van der Waals surface area (Å²) in [6.07, 6.45) is 28.2. The Hall–Kier alpha value is -0.610. The molecule has 32 heavy (non-hydrogen) atoms. The van der Waals surface area contributed by atoms with Crippen LogP contribution in [0.4, 0.5) is 0 Å².